The number of carboxylic acid groups (broad SMARTS) is 1. The smallest absolute Gasteiger partial charge is 0.326 e. The Hall–Kier alpha value is -3.94. The van der Waals surface area contributed by atoms with Crippen molar-refractivity contribution >= 4 is 17.8 Å². The minimum atomic E-state index is -1.10. The number of hydrogen-bond donors (Lipinski definition) is 2. The summed E-state index contributed by atoms with van der Waals surface area (Å²) in [4.78, 5) is 43.0. The van der Waals surface area contributed by atoms with Gasteiger partial charge in [-0.15, -0.1) is 0 Å². The van der Waals surface area contributed by atoms with Crippen LogP contribution in [0.2, 0.25) is 0 Å². The third-order valence-electron chi connectivity index (χ3n) is 5.64. The van der Waals surface area contributed by atoms with Crippen LogP contribution in [0.15, 0.2) is 73.3 Å². The van der Waals surface area contributed by atoms with Crippen molar-refractivity contribution in [3.05, 3.63) is 90.0 Å². The van der Waals surface area contributed by atoms with Gasteiger partial charge in [0.2, 0.25) is 5.91 Å². The average Bonchev–Trinajstić information content (AvgIpc) is 3.41. The molecule has 0 unspecified atom stereocenters. The Labute approximate surface area is 185 Å². The lowest BCUT2D eigenvalue weighted by Gasteiger charge is -2.31. The number of rotatable bonds is 6. The standard InChI is InChI=1S/C24H24N4O4/c1-16(29)26-20-13-21(24(31)32)28(22(20)18-7-3-2-4-8-18)23(30)19-9-5-6-17(12-19)14-27-11-10-25-15-27/h2-12,15,20-22H,13-14H2,1H3,(H,26,29)(H,31,32)/t20-,21+,22+/m1/s1. The molecule has 3 aromatic rings. The molecule has 0 spiro atoms. The van der Waals surface area contributed by atoms with Crippen LogP contribution in [-0.2, 0) is 16.1 Å². The Morgan fingerprint density at radius 2 is 1.91 bits per heavy atom. The summed E-state index contributed by atoms with van der Waals surface area (Å²) < 4.78 is 1.89. The molecule has 0 saturated carbocycles. The van der Waals surface area contributed by atoms with Gasteiger partial charge in [0.25, 0.3) is 5.91 Å². The molecule has 1 saturated heterocycles. The highest BCUT2D eigenvalue weighted by Gasteiger charge is 2.48. The van der Waals surface area contributed by atoms with Crippen LogP contribution in [-0.4, -0.2) is 49.4 Å². The minimum Gasteiger partial charge on any atom is -0.480 e. The number of likely N-dealkylation sites (tertiary alicyclic amines) is 1. The molecule has 2 amide bonds. The van der Waals surface area contributed by atoms with Crippen molar-refractivity contribution in [1.29, 1.82) is 0 Å². The molecule has 1 fully saturated rings. The first-order valence-corrected chi connectivity index (χ1v) is 10.4. The van der Waals surface area contributed by atoms with Crippen LogP contribution < -0.4 is 5.32 Å². The SMILES string of the molecule is CC(=O)N[C@@H]1C[C@@H](C(=O)O)N(C(=O)c2cccc(Cn3ccnc3)c2)[C@H]1c1ccccc1. The Kier molecular flexibility index (Phi) is 6.02. The van der Waals surface area contributed by atoms with Crippen molar-refractivity contribution in [1.82, 2.24) is 19.8 Å². The van der Waals surface area contributed by atoms with Crippen LogP contribution in [0.1, 0.15) is 40.9 Å². The zero-order valence-electron chi connectivity index (χ0n) is 17.6. The number of nitrogens with one attached hydrogen (secondary N) is 1. The first-order valence-electron chi connectivity index (χ1n) is 10.4. The van der Waals surface area contributed by atoms with E-state index in [9.17, 15) is 19.5 Å². The molecule has 4 rings (SSSR count). The highest BCUT2D eigenvalue weighted by molar-refractivity contribution is 5.97. The topological polar surface area (TPSA) is 105 Å². The second kappa shape index (κ2) is 9.05. The zero-order chi connectivity index (χ0) is 22.7. The Balaban J connectivity index is 1.71. The molecular formula is C24H24N4O4. The van der Waals surface area contributed by atoms with Gasteiger partial charge in [0, 0.05) is 37.8 Å². The summed E-state index contributed by atoms with van der Waals surface area (Å²) in [6, 6.07) is 14.2. The molecule has 0 radical (unpaired) electrons. The van der Waals surface area contributed by atoms with Gasteiger partial charge in [-0.3, -0.25) is 9.59 Å². The average molecular weight is 432 g/mol. The van der Waals surface area contributed by atoms with Crippen LogP contribution in [0.4, 0.5) is 0 Å². The molecule has 8 heteroatoms. The summed E-state index contributed by atoms with van der Waals surface area (Å²) >= 11 is 0. The normalized spacial score (nSPS) is 20.2. The largest absolute Gasteiger partial charge is 0.480 e. The second-order valence-corrected chi connectivity index (χ2v) is 7.90. The van der Waals surface area contributed by atoms with E-state index in [4.69, 9.17) is 0 Å². The number of nitrogens with zero attached hydrogens (tertiary/aromatic N) is 3. The maximum atomic E-state index is 13.7. The third kappa shape index (κ3) is 4.39. The molecule has 1 aliphatic heterocycles. The van der Waals surface area contributed by atoms with E-state index in [1.807, 2.05) is 47.2 Å². The molecule has 2 aromatic carbocycles. The van der Waals surface area contributed by atoms with E-state index in [-0.39, 0.29) is 18.2 Å². The molecule has 164 valence electrons. The molecule has 1 aliphatic rings. The van der Waals surface area contributed by atoms with Crippen molar-refractivity contribution in [3.8, 4) is 0 Å². The lowest BCUT2D eigenvalue weighted by atomic mass is 9.99. The van der Waals surface area contributed by atoms with Gasteiger partial charge in [0.15, 0.2) is 0 Å². The highest BCUT2D eigenvalue weighted by atomic mass is 16.4. The van der Waals surface area contributed by atoms with Crippen molar-refractivity contribution in [3.63, 3.8) is 0 Å². The van der Waals surface area contributed by atoms with Crippen LogP contribution >= 0.6 is 0 Å². The first-order chi connectivity index (χ1) is 15.4. The number of aliphatic carboxylic acids is 1. The highest BCUT2D eigenvalue weighted by Crippen LogP contribution is 2.38. The number of benzene rings is 2. The fraction of sp³-hybridized carbons (Fsp3) is 0.250. The van der Waals surface area contributed by atoms with Gasteiger partial charge in [0.05, 0.1) is 18.4 Å². The molecule has 8 nitrogen and oxygen atoms in total. The van der Waals surface area contributed by atoms with E-state index >= 15 is 0 Å². The summed E-state index contributed by atoms with van der Waals surface area (Å²) in [5, 5.41) is 12.8. The molecule has 2 N–H and O–H groups in total. The summed E-state index contributed by atoms with van der Waals surface area (Å²) in [5.74, 6) is -1.75. The fourth-order valence-electron chi connectivity index (χ4n) is 4.34. The molecule has 2 heterocycles. The number of imidazole rings is 1. The predicted molar refractivity (Wildman–Crippen MR) is 117 cm³/mol. The van der Waals surface area contributed by atoms with E-state index in [0.717, 1.165) is 11.1 Å². The van der Waals surface area contributed by atoms with Crippen molar-refractivity contribution in [2.45, 2.75) is 38.0 Å². The van der Waals surface area contributed by atoms with E-state index in [2.05, 4.69) is 10.3 Å². The maximum absolute atomic E-state index is 13.7. The zero-order valence-corrected chi connectivity index (χ0v) is 17.6. The second-order valence-electron chi connectivity index (χ2n) is 7.90. The van der Waals surface area contributed by atoms with Crippen molar-refractivity contribution in [2.24, 2.45) is 0 Å². The lowest BCUT2D eigenvalue weighted by Crippen LogP contribution is -2.43. The van der Waals surface area contributed by atoms with Crippen molar-refractivity contribution < 1.29 is 19.5 Å². The monoisotopic (exact) mass is 432 g/mol. The van der Waals surface area contributed by atoms with E-state index in [0.29, 0.717) is 12.1 Å². The molecule has 0 aliphatic carbocycles. The molecule has 0 bridgehead atoms. The number of aromatic nitrogens is 2. The van der Waals surface area contributed by atoms with Crippen LogP contribution in [0.3, 0.4) is 0 Å². The number of carbonyl (C=O) groups is 3. The maximum Gasteiger partial charge on any atom is 0.326 e. The summed E-state index contributed by atoms with van der Waals surface area (Å²) in [7, 11) is 0. The van der Waals surface area contributed by atoms with Crippen LogP contribution in [0.25, 0.3) is 0 Å². The van der Waals surface area contributed by atoms with Gasteiger partial charge in [-0.05, 0) is 23.3 Å². The number of carboxylic acids is 1. The molecular weight excluding hydrogens is 408 g/mol. The van der Waals surface area contributed by atoms with Gasteiger partial charge < -0.3 is 19.9 Å². The Bertz CT molecular complexity index is 1110. The Morgan fingerprint density at radius 3 is 2.56 bits per heavy atom. The molecule has 32 heavy (non-hydrogen) atoms. The van der Waals surface area contributed by atoms with Crippen LogP contribution in [0, 0.1) is 0 Å². The molecule has 1 aromatic heterocycles. The lowest BCUT2D eigenvalue weighted by molar-refractivity contribution is -0.141. The number of hydrogen-bond acceptors (Lipinski definition) is 4. The van der Waals surface area contributed by atoms with Gasteiger partial charge in [-0.1, -0.05) is 42.5 Å². The van der Waals surface area contributed by atoms with E-state index in [1.54, 1.807) is 30.7 Å². The van der Waals surface area contributed by atoms with Gasteiger partial charge in [0.1, 0.15) is 6.04 Å². The van der Waals surface area contributed by atoms with Gasteiger partial charge >= 0.3 is 5.97 Å². The third-order valence-corrected chi connectivity index (χ3v) is 5.64. The summed E-state index contributed by atoms with van der Waals surface area (Å²) in [6.07, 6.45) is 5.34. The summed E-state index contributed by atoms with van der Waals surface area (Å²) in [5.41, 5.74) is 2.07. The fourth-order valence-corrected chi connectivity index (χ4v) is 4.34. The van der Waals surface area contributed by atoms with Gasteiger partial charge in [-0.2, -0.15) is 0 Å². The summed E-state index contributed by atoms with van der Waals surface area (Å²) in [6.45, 7) is 1.93. The Morgan fingerprint density at radius 1 is 1.12 bits per heavy atom. The number of amides is 2. The predicted octanol–water partition coefficient (Wildman–Crippen LogP) is 2.48. The van der Waals surface area contributed by atoms with Crippen LogP contribution in [0.5, 0.6) is 0 Å². The van der Waals surface area contributed by atoms with Gasteiger partial charge in [-0.25, -0.2) is 9.78 Å². The number of carbonyl (C=O) groups excluding carboxylic acids is 2. The quantitative estimate of drug-likeness (QED) is 0.623. The minimum absolute atomic E-state index is 0.134. The van der Waals surface area contributed by atoms with E-state index < -0.39 is 24.1 Å². The van der Waals surface area contributed by atoms with E-state index in [1.165, 1.54) is 11.8 Å². The first kappa shape index (κ1) is 21.3. The van der Waals surface area contributed by atoms with Crippen molar-refractivity contribution in [2.75, 3.05) is 0 Å². The molecule has 3 atom stereocenters.